The molecular weight excluding hydrogens is 736 g/mol. The third-order valence-electron chi connectivity index (χ3n) is 11.2. The average Bonchev–Trinajstić information content (AvgIpc) is 3.81. The fraction of sp³-hybridized carbons (Fsp3) is 0. The van der Waals surface area contributed by atoms with Crippen molar-refractivity contribution in [2.45, 2.75) is 0 Å². The van der Waals surface area contributed by atoms with Gasteiger partial charge in [0.2, 0.25) is 0 Å². The Morgan fingerprint density at radius 2 is 0.898 bits per heavy atom. The molecule has 272 valence electrons. The van der Waals surface area contributed by atoms with E-state index in [2.05, 4.69) is 153 Å². The molecule has 3 aromatic heterocycles. The lowest BCUT2D eigenvalue weighted by atomic mass is 9.97. The standard InChI is InChI=1S/C52H31N6.Al/c53-33-38-30-40(58-46-22-12-10-20-42(46)43-21-11-13-23-47(43)58)26-27-41(38)36-24-28-48-44(31-36)45-32-37(25-29-49(45)57(48)39-18-8-3-9-19-39)52-55-50(34-14-4-1-5-15-34)54-51(56-52)35-16-6-2-7-17-35;/h1-18,20-32H;. The van der Waals surface area contributed by atoms with Crippen LogP contribution >= 0.6 is 0 Å². The molecular formula is C52H31AlN6. The molecule has 11 rings (SSSR count). The molecule has 0 saturated carbocycles. The van der Waals surface area contributed by atoms with Crippen LogP contribution in [0.15, 0.2) is 188 Å². The van der Waals surface area contributed by atoms with E-state index in [0.29, 0.717) is 23.0 Å². The Balaban J connectivity index is 1.11. The molecule has 0 fully saturated rings. The first-order valence-electron chi connectivity index (χ1n) is 19.5. The summed E-state index contributed by atoms with van der Waals surface area (Å²) in [6.07, 6.45) is 0. The number of aromatic nitrogens is 5. The van der Waals surface area contributed by atoms with Gasteiger partial charge in [0, 0.05) is 49.6 Å². The summed E-state index contributed by atoms with van der Waals surface area (Å²) in [5.41, 5.74) is 11.5. The van der Waals surface area contributed by atoms with Gasteiger partial charge in [-0.1, -0.05) is 127 Å². The van der Waals surface area contributed by atoms with Crippen LogP contribution in [0.25, 0.3) is 100 Å². The number of rotatable bonds is 6. The lowest BCUT2D eigenvalue weighted by Gasteiger charge is -2.13. The van der Waals surface area contributed by atoms with Gasteiger partial charge in [-0.15, -0.1) is 4.43 Å². The van der Waals surface area contributed by atoms with Crippen LogP contribution in [0.2, 0.25) is 0 Å². The van der Waals surface area contributed by atoms with Crippen LogP contribution in [0.5, 0.6) is 0 Å². The molecule has 0 N–H and O–H groups in total. The molecule has 2 radical (unpaired) electrons. The predicted octanol–water partition coefficient (Wildman–Crippen LogP) is 11.4. The summed E-state index contributed by atoms with van der Waals surface area (Å²) in [5, 5.41) is 15.2. The normalized spacial score (nSPS) is 11.4. The minimum Gasteiger partial charge on any atom is -0.311 e. The first-order valence-corrected chi connectivity index (χ1v) is 20.0. The molecule has 0 bridgehead atoms. The van der Waals surface area contributed by atoms with Crippen LogP contribution in [0, 0.1) is 11.3 Å². The first-order chi connectivity index (χ1) is 29.1. The Morgan fingerprint density at radius 3 is 1.49 bits per heavy atom. The Kier molecular flexibility index (Phi) is 8.27. The maximum Gasteiger partial charge on any atom is 0.179 e. The van der Waals surface area contributed by atoms with Crippen molar-refractivity contribution in [3.05, 3.63) is 194 Å². The topological polar surface area (TPSA) is 72.3 Å². The van der Waals surface area contributed by atoms with Gasteiger partial charge in [-0.05, 0) is 71.8 Å². The third kappa shape index (κ3) is 5.82. The summed E-state index contributed by atoms with van der Waals surface area (Å²) >= 11 is 2.90. The van der Waals surface area contributed by atoms with Gasteiger partial charge in [-0.2, -0.15) is 5.26 Å². The highest BCUT2D eigenvalue weighted by Crippen LogP contribution is 2.39. The second-order valence-corrected chi connectivity index (χ2v) is 15.2. The highest BCUT2D eigenvalue weighted by Gasteiger charge is 2.19. The van der Waals surface area contributed by atoms with Gasteiger partial charge in [0.25, 0.3) is 0 Å². The van der Waals surface area contributed by atoms with Crippen molar-refractivity contribution >= 4 is 64.3 Å². The van der Waals surface area contributed by atoms with Crippen molar-refractivity contribution in [3.8, 4) is 62.7 Å². The van der Waals surface area contributed by atoms with E-state index >= 15 is 0 Å². The number of hydrogen-bond donors (Lipinski definition) is 0. The monoisotopic (exact) mass is 766 g/mol. The van der Waals surface area contributed by atoms with Crippen LogP contribution < -0.4 is 4.43 Å². The number of para-hydroxylation sites is 3. The number of nitrogens with zero attached hydrogens (tertiary/aromatic N) is 6. The van der Waals surface area contributed by atoms with Crippen molar-refractivity contribution in [2.24, 2.45) is 0 Å². The minimum absolute atomic E-state index is 0.593. The fourth-order valence-corrected chi connectivity index (χ4v) is 8.77. The van der Waals surface area contributed by atoms with Gasteiger partial charge in [0.1, 0.15) is 0 Å². The molecule has 0 amide bonds. The first kappa shape index (κ1) is 34.6. The summed E-state index contributed by atoms with van der Waals surface area (Å²) in [6, 6.07) is 67.1. The lowest BCUT2D eigenvalue weighted by molar-refractivity contribution is 1.07. The van der Waals surface area contributed by atoms with Crippen LogP contribution in [0.3, 0.4) is 0 Å². The van der Waals surface area contributed by atoms with Crippen LogP contribution in [-0.2, 0) is 0 Å². The molecule has 0 spiro atoms. The van der Waals surface area contributed by atoms with Crippen LogP contribution in [0.4, 0.5) is 0 Å². The number of nitriles is 1. The van der Waals surface area contributed by atoms with Gasteiger partial charge >= 0.3 is 0 Å². The van der Waals surface area contributed by atoms with Crippen LogP contribution in [-0.4, -0.2) is 40.4 Å². The molecule has 6 nitrogen and oxygen atoms in total. The quantitative estimate of drug-likeness (QED) is 0.158. The molecule has 0 aliphatic rings. The maximum absolute atomic E-state index is 10.7. The smallest absolute Gasteiger partial charge is 0.179 e. The van der Waals surface area contributed by atoms with Crippen LogP contribution in [0.1, 0.15) is 5.56 Å². The zero-order valence-corrected chi connectivity index (χ0v) is 32.8. The summed E-state index contributed by atoms with van der Waals surface area (Å²) < 4.78 is 5.65. The highest BCUT2D eigenvalue weighted by atomic mass is 27.0. The molecule has 59 heavy (non-hydrogen) atoms. The van der Waals surface area contributed by atoms with Crippen molar-refractivity contribution in [1.29, 1.82) is 5.26 Å². The van der Waals surface area contributed by atoms with E-state index in [4.69, 9.17) is 15.0 Å². The van der Waals surface area contributed by atoms with E-state index in [1.807, 2.05) is 66.7 Å². The zero-order chi connectivity index (χ0) is 39.5. The van der Waals surface area contributed by atoms with Crippen molar-refractivity contribution < 1.29 is 0 Å². The van der Waals surface area contributed by atoms with E-state index in [1.165, 1.54) is 10.8 Å². The van der Waals surface area contributed by atoms with E-state index in [0.717, 1.165) is 76.5 Å². The number of hydrogen-bond acceptors (Lipinski definition) is 4. The molecule has 11 aromatic rings. The Morgan fingerprint density at radius 1 is 0.407 bits per heavy atom. The van der Waals surface area contributed by atoms with E-state index in [9.17, 15) is 5.26 Å². The second-order valence-electron chi connectivity index (χ2n) is 14.6. The summed E-state index contributed by atoms with van der Waals surface area (Å²) in [4.78, 5) is 15.0. The fourth-order valence-electron chi connectivity index (χ4n) is 8.43. The molecule has 0 aliphatic heterocycles. The Hall–Kier alpha value is -7.61. The summed E-state index contributed by atoms with van der Waals surface area (Å²) in [6.45, 7) is 0. The SMILES string of the molecule is N#Cc1cc(-n2c3ccccc3c3ccccc32)ccc1-c1ccc2c(c1)c1cc(-c3nc(-c4ccccc4)nc(-c4ccccc4)n3)ccc1n2-c1cccc[c]1[Al]. The van der Waals surface area contributed by atoms with Gasteiger partial charge in [-0.3, -0.25) is 0 Å². The van der Waals surface area contributed by atoms with Gasteiger partial charge < -0.3 is 9.13 Å². The molecule has 3 heterocycles. The molecule has 0 aliphatic carbocycles. The van der Waals surface area contributed by atoms with Crippen molar-refractivity contribution in [2.75, 3.05) is 0 Å². The van der Waals surface area contributed by atoms with E-state index in [-0.39, 0.29) is 0 Å². The third-order valence-corrected chi connectivity index (χ3v) is 11.7. The molecule has 0 unspecified atom stereocenters. The maximum atomic E-state index is 10.7. The Labute approximate surface area is 348 Å². The van der Waals surface area contributed by atoms with Gasteiger partial charge in [0.05, 0.1) is 33.7 Å². The largest absolute Gasteiger partial charge is 0.311 e. The molecule has 8 aromatic carbocycles. The lowest BCUT2D eigenvalue weighted by Crippen LogP contribution is -2.11. The molecule has 0 atom stereocenters. The Bertz CT molecular complexity index is 3360. The zero-order valence-electron chi connectivity index (χ0n) is 31.7. The highest BCUT2D eigenvalue weighted by molar-refractivity contribution is 6.35. The van der Waals surface area contributed by atoms with Crippen molar-refractivity contribution in [3.63, 3.8) is 0 Å². The average molecular weight is 767 g/mol. The van der Waals surface area contributed by atoms with E-state index in [1.54, 1.807) is 0 Å². The number of fused-ring (bicyclic) bond motifs is 6. The second kappa shape index (κ2) is 14.1. The van der Waals surface area contributed by atoms with Gasteiger partial charge in [-0.25, -0.2) is 15.0 Å². The van der Waals surface area contributed by atoms with Crippen molar-refractivity contribution in [1.82, 2.24) is 24.1 Å². The molecule has 7 heteroatoms. The molecule has 0 saturated heterocycles. The predicted molar refractivity (Wildman–Crippen MR) is 240 cm³/mol. The van der Waals surface area contributed by atoms with E-state index < -0.39 is 0 Å². The summed E-state index contributed by atoms with van der Waals surface area (Å²) in [5.74, 6) is 1.82. The summed E-state index contributed by atoms with van der Waals surface area (Å²) in [7, 11) is 0. The number of benzene rings is 8. The van der Waals surface area contributed by atoms with Gasteiger partial charge in [0.15, 0.2) is 33.8 Å². The minimum atomic E-state index is 0.593.